The van der Waals surface area contributed by atoms with Crippen LogP contribution in [0, 0.1) is 13.8 Å². The Bertz CT molecular complexity index is 302. The summed E-state index contributed by atoms with van der Waals surface area (Å²) >= 11 is 0. The molecule has 0 amide bonds. The van der Waals surface area contributed by atoms with E-state index in [4.69, 9.17) is 4.74 Å². The molecule has 0 saturated carbocycles. The topological polar surface area (TPSA) is 9.23 Å². The fourth-order valence-corrected chi connectivity index (χ4v) is 1.72. The van der Waals surface area contributed by atoms with E-state index < -0.39 is 0 Å². The fraction of sp³-hybridized carbons (Fsp3) is 0.455. The van der Waals surface area contributed by atoms with Crippen molar-refractivity contribution in [1.82, 2.24) is 0 Å². The lowest BCUT2D eigenvalue weighted by Crippen LogP contribution is -2.11. The summed E-state index contributed by atoms with van der Waals surface area (Å²) in [6.45, 7) is 6.03. The number of rotatable bonds is 0. The van der Waals surface area contributed by atoms with Gasteiger partial charge in [0.1, 0.15) is 0 Å². The van der Waals surface area contributed by atoms with Gasteiger partial charge < -0.3 is 4.74 Å². The van der Waals surface area contributed by atoms with Gasteiger partial charge in [-0.1, -0.05) is 12.1 Å². The molecule has 0 aliphatic carbocycles. The molecule has 0 bridgehead atoms. The average Bonchev–Trinajstić information content (AvgIpc) is 2.12. The number of fused-ring (bicyclic) bond motifs is 1. The van der Waals surface area contributed by atoms with E-state index in [0.717, 1.165) is 19.6 Å². The Labute approximate surface area is 73.4 Å². The molecule has 0 fully saturated rings. The SMILES string of the molecule is Cc1ccc2c(c1C)COCC2. The normalized spacial score (nSPS) is 15.8. The first-order valence-corrected chi connectivity index (χ1v) is 4.45. The van der Waals surface area contributed by atoms with Crippen LogP contribution < -0.4 is 0 Å². The molecule has 0 atom stereocenters. The van der Waals surface area contributed by atoms with Crippen molar-refractivity contribution >= 4 is 0 Å². The monoisotopic (exact) mass is 162 g/mol. The van der Waals surface area contributed by atoms with Crippen LogP contribution in [-0.2, 0) is 17.8 Å². The first-order chi connectivity index (χ1) is 5.79. The van der Waals surface area contributed by atoms with Crippen molar-refractivity contribution in [3.63, 3.8) is 0 Å². The minimum atomic E-state index is 0.808. The molecule has 1 aliphatic heterocycles. The molecular weight excluding hydrogens is 148 g/mol. The Kier molecular flexibility index (Phi) is 1.89. The molecule has 1 aromatic rings. The molecule has 1 heterocycles. The van der Waals surface area contributed by atoms with Gasteiger partial charge in [-0.15, -0.1) is 0 Å². The molecule has 1 aromatic carbocycles. The third kappa shape index (κ3) is 1.14. The number of benzene rings is 1. The summed E-state index contributed by atoms with van der Waals surface area (Å²) in [5.41, 5.74) is 5.68. The highest BCUT2D eigenvalue weighted by Gasteiger charge is 2.11. The zero-order valence-electron chi connectivity index (χ0n) is 7.68. The van der Waals surface area contributed by atoms with E-state index in [1.165, 1.54) is 22.3 Å². The molecule has 12 heavy (non-hydrogen) atoms. The Hall–Kier alpha value is -0.820. The summed E-state index contributed by atoms with van der Waals surface area (Å²) in [7, 11) is 0. The highest BCUT2D eigenvalue weighted by Crippen LogP contribution is 2.22. The lowest BCUT2D eigenvalue weighted by molar-refractivity contribution is 0.110. The van der Waals surface area contributed by atoms with Crippen LogP contribution in [0.2, 0.25) is 0 Å². The Morgan fingerprint density at radius 3 is 2.92 bits per heavy atom. The van der Waals surface area contributed by atoms with Gasteiger partial charge >= 0.3 is 0 Å². The maximum atomic E-state index is 5.43. The number of aryl methyl sites for hydroxylation is 1. The maximum Gasteiger partial charge on any atom is 0.0722 e. The molecule has 2 rings (SSSR count). The van der Waals surface area contributed by atoms with Crippen LogP contribution in [0.25, 0.3) is 0 Å². The molecule has 1 heteroatoms. The van der Waals surface area contributed by atoms with E-state index in [1.807, 2.05) is 0 Å². The van der Waals surface area contributed by atoms with Gasteiger partial charge in [-0.3, -0.25) is 0 Å². The molecule has 64 valence electrons. The minimum Gasteiger partial charge on any atom is -0.376 e. The van der Waals surface area contributed by atoms with Gasteiger partial charge in [0.05, 0.1) is 13.2 Å². The van der Waals surface area contributed by atoms with Gasteiger partial charge in [0.15, 0.2) is 0 Å². The van der Waals surface area contributed by atoms with Gasteiger partial charge in [-0.2, -0.15) is 0 Å². The zero-order chi connectivity index (χ0) is 8.55. The summed E-state index contributed by atoms with van der Waals surface area (Å²) in [6, 6.07) is 4.44. The summed E-state index contributed by atoms with van der Waals surface area (Å²) in [5, 5.41) is 0. The molecule has 0 unspecified atom stereocenters. The van der Waals surface area contributed by atoms with E-state index >= 15 is 0 Å². The van der Waals surface area contributed by atoms with Crippen LogP contribution in [0.15, 0.2) is 12.1 Å². The molecule has 1 nitrogen and oxygen atoms in total. The first-order valence-electron chi connectivity index (χ1n) is 4.45. The fourth-order valence-electron chi connectivity index (χ4n) is 1.72. The smallest absolute Gasteiger partial charge is 0.0722 e. The second kappa shape index (κ2) is 2.91. The van der Waals surface area contributed by atoms with E-state index in [9.17, 15) is 0 Å². The number of hydrogen-bond acceptors (Lipinski definition) is 1. The molecule has 0 saturated heterocycles. The lowest BCUT2D eigenvalue weighted by atomic mass is 9.95. The van der Waals surface area contributed by atoms with Gasteiger partial charge in [-0.25, -0.2) is 0 Å². The molecule has 0 radical (unpaired) electrons. The van der Waals surface area contributed by atoms with Crippen molar-refractivity contribution < 1.29 is 4.74 Å². The van der Waals surface area contributed by atoms with Crippen LogP contribution >= 0.6 is 0 Å². The van der Waals surface area contributed by atoms with Crippen molar-refractivity contribution in [3.05, 3.63) is 34.4 Å². The van der Waals surface area contributed by atoms with E-state index in [2.05, 4.69) is 26.0 Å². The quantitative estimate of drug-likeness (QED) is 0.569. The van der Waals surface area contributed by atoms with Crippen LogP contribution in [0.3, 0.4) is 0 Å². The summed E-state index contributed by atoms with van der Waals surface area (Å²) in [6.07, 6.45) is 1.08. The zero-order valence-corrected chi connectivity index (χ0v) is 7.68. The van der Waals surface area contributed by atoms with Crippen molar-refractivity contribution in [2.24, 2.45) is 0 Å². The molecular formula is C11H14O. The lowest BCUT2D eigenvalue weighted by Gasteiger charge is -2.19. The largest absolute Gasteiger partial charge is 0.376 e. The Morgan fingerprint density at radius 1 is 1.25 bits per heavy atom. The minimum absolute atomic E-state index is 0.808. The van der Waals surface area contributed by atoms with Gasteiger partial charge in [0.2, 0.25) is 0 Å². The van der Waals surface area contributed by atoms with Crippen LogP contribution in [0.1, 0.15) is 22.3 Å². The van der Waals surface area contributed by atoms with E-state index in [1.54, 1.807) is 0 Å². The Morgan fingerprint density at radius 2 is 2.08 bits per heavy atom. The van der Waals surface area contributed by atoms with Crippen molar-refractivity contribution in [2.75, 3.05) is 6.61 Å². The second-order valence-corrected chi connectivity index (χ2v) is 3.45. The predicted molar refractivity (Wildman–Crippen MR) is 49.3 cm³/mol. The number of ether oxygens (including phenoxy) is 1. The molecule has 0 spiro atoms. The third-order valence-corrected chi connectivity index (χ3v) is 2.73. The molecule has 0 aromatic heterocycles. The summed E-state index contributed by atoms with van der Waals surface area (Å²) in [4.78, 5) is 0. The van der Waals surface area contributed by atoms with Crippen LogP contribution in [0.4, 0.5) is 0 Å². The molecule has 1 aliphatic rings. The number of hydrogen-bond donors (Lipinski definition) is 0. The van der Waals surface area contributed by atoms with Gasteiger partial charge in [0.25, 0.3) is 0 Å². The van der Waals surface area contributed by atoms with Crippen LogP contribution in [-0.4, -0.2) is 6.61 Å². The predicted octanol–water partition coefficient (Wildman–Crippen LogP) is 2.38. The third-order valence-electron chi connectivity index (χ3n) is 2.73. The van der Waals surface area contributed by atoms with Crippen molar-refractivity contribution in [2.45, 2.75) is 26.9 Å². The standard InChI is InChI=1S/C11H14O/c1-8-3-4-10-5-6-12-7-11(10)9(8)2/h3-4H,5-7H2,1-2H3. The van der Waals surface area contributed by atoms with E-state index in [-0.39, 0.29) is 0 Å². The van der Waals surface area contributed by atoms with Crippen molar-refractivity contribution in [3.8, 4) is 0 Å². The first kappa shape index (κ1) is 7.81. The van der Waals surface area contributed by atoms with E-state index in [0.29, 0.717) is 0 Å². The Balaban J connectivity index is 2.54. The average molecular weight is 162 g/mol. The summed E-state index contributed by atoms with van der Waals surface area (Å²) in [5.74, 6) is 0. The highest BCUT2D eigenvalue weighted by atomic mass is 16.5. The van der Waals surface area contributed by atoms with Gasteiger partial charge in [0, 0.05) is 0 Å². The van der Waals surface area contributed by atoms with Crippen molar-refractivity contribution in [1.29, 1.82) is 0 Å². The summed E-state index contributed by atoms with van der Waals surface area (Å²) < 4.78 is 5.43. The molecule has 0 N–H and O–H groups in total. The van der Waals surface area contributed by atoms with Gasteiger partial charge in [-0.05, 0) is 42.5 Å². The van der Waals surface area contributed by atoms with Crippen LogP contribution in [0.5, 0.6) is 0 Å². The second-order valence-electron chi connectivity index (χ2n) is 3.45. The maximum absolute atomic E-state index is 5.43. The highest BCUT2D eigenvalue weighted by molar-refractivity contribution is 5.40.